The van der Waals surface area contributed by atoms with Gasteiger partial charge in [0.1, 0.15) is 5.82 Å². The van der Waals surface area contributed by atoms with E-state index in [4.69, 9.17) is 28.3 Å². The van der Waals surface area contributed by atoms with Gasteiger partial charge in [-0.05, 0) is 18.9 Å². The van der Waals surface area contributed by atoms with Crippen LogP contribution in [-0.4, -0.2) is 22.2 Å². The molecule has 1 aliphatic rings. The van der Waals surface area contributed by atoms with E-state index in [-0.39, 0.29) is 12.1 Å². The number of hydrogen-bond donors (Lipinski definition) is 2. The first kappa shape index (κ1) is 10.0. The predicted octanol–water partition coefficient (Wildman–Crippen LogP) is 2.32. The van der Waals surface area contributed by atoms with Crippen molar-refractivity contribution in [2.45, 2.75) is 25.0 Å². The fourth-order valence-corrected chi connectivity index (χ4v) is 1.85. The van der Waals surface area contributed by atoms with Crippen LogP contribution in [0.25, 0.3) is 0 Å². The molecule has 76 valence electrons. The van der Waals surface area contributed by atoms with Crippen molar-refractivity contribution in [2.75, 3.05) is 5.32 Å². The average molecular weight is 233 g/mol. The van der Waals surface area contributed by atoms with Crippen LogP contribution in [0.15, 0.2) is 12.3 Å². The minimum Gasteiger partial charge on any atom is -0.393 e. The highest BCUT2D eigenvalue weighted by molar-refractivity contribution is 6.35. The van der Waals surface area contributed by atoms with Gasteiger partial charge in [-0.25, -0.2) is 4.98 Å². The van der Waals surface area contributed by atoms with Gasteiger partial charge in [0, 0.05) is 12.2 Å². The second-order valence-electron chi connectivity index (χ2n) is 3.45. The van der Waals surface area contributed by atoms with Crippen molar-refractivity contribution < 1.29 is 5.11 Å². The Morgan fingerprint density at radius 2 is 2.14 bits per heavy atom. The van der Waals surface area contributed by atoms with E-state index in [1.165, 1.54) is 0 Å². The van der Waals surface area contributed by atoms with Crippen LogP contribution in [-0.2, 0) is 0 Å². The first-order valence-corrected chi connectivity index (χ1v) is 5.16. The predicted molar refractivity (Wildman–Crippen MR) is 56.9 cm³/mol. The Kier molecular flexibility index (Phi) is 2.81. The summed E-state index contributed by atoms with van der Waals surface area (Å²) in [6.07, 6.45) is 2.87. The second-order valence-corrected chi connectivity index (χ2v) is 4.29. The lowest BCUT2D eigenvalue weighted by atomic mass is 9.89. The van der Waals surface area contributed by atoms with E-state index >= 15 is 0 Å². The van der Waals surface area contributed by atoms with Gasteiger partial charge in [0.05, 0.1) is 16.1 Å². The van der Waals surface area contributed by atoms with Gasteiger partial charge in [0.15, 0.2) is 0 Å². The van der Waals surface area contributed by atoms with E-state index in [2.05, 4.69) is 10.3 Å². The Morgan fingerprint density at radius 3 is 2.71 bits per heavy atom. The monoisotopic (exact) mass is 232 g/mol. The Morgan fingerprint density at radius 1 is 1.43 bits per heavy atom. The van der Waals surface area contributed by atoms with E-state index in [0.29, 0.717) is 15.9 Å². The maximum atomic E-state index is 9.10. The van der Waals surface area contributed by atoms with Crippen molar-refractivity contribution in [3.05, 3.63) is 22.3 Å². The Labute approximate surface area is 92.1 Å². The van der Waals surface area contributed by atoms with Crippen molar-refractivity contribution in [3.8, 4) is 0 Å². The molecule has 14 heavy (non-hydrogen) atoms. The molecule has 0 bridgehead atoms. The molecule has 1 heterocycles. The van der Waals surface area contributed by atoms with E-state index in [1.807, 2.05) is 0 Å². The standard InChI is InChI=1S/C9H10Cl2N2O/c10-5-1-8(11)9(12-4-5)13-6-2-7(14)3-6/h1,4,6-7,14H,2-3H2,(H,12,13). The maximum Gasteiger partial charge on any atom is 0.145 e. The average Bonchev–Trinajstić information content (AvgIpc) is 2.06. The molecular formula is C9H10Cl2N2O. The minimum absolute atomic E-state index is 0.182. The van der Waals surface area contributed by atoms with Gasteiger partial charge in [-0.15, -0.1) is 0 Å². The number of halogens is 2. The first-order valence-electron chi connectivity index (χ1n) is 4.41. The van der Waals surface area contributed by atoms with Crippen molar-refractivity contribution in [1.82, 2.24) is 4.98 Å². The molecule has 0 radical (unpaired) electrons. The van der Waals surface area contributed by atoms with Gasteiger partial charge >= 0.3 is 0 Å². The third-order valence-corrected chi connectivity index (χ3v) is 2.76. The lowest BCUT2D eigenvalue weighted by molar-refractivity contribution is 0.0835. The molecule has 0 atom stereocenters. The molecule has 0 amide bonds. The van der Waals surface area contributed by atoms with Crippen LogP contribution in [0.4, 0.5) is 5.82 Å². The minimum atomic E-state index is -0.182. The zero-order chi connectivity index (χ0) is 10.1. The summed E-state index contributed by atoms with van der Waals surface area (Å²) >= 11 is 11.6. The van der Waals surface area contributed by atoms with Crippen LogP contribution >= 0.6 is 23.2 Å². The van der Waals surface area contributed by atoms with Crippen LogP contribution in [0.3, 0.4) is 0 Å². The Balaban J connectivity index is 2.02. The molecule has 0 spiro atoms. The molecule has 0 saturated heterocycles. The number of nitrogens with one attached hydrogen (secondary N) is 1. The summed E-state index contributed by atoms with van der Waals surface area (Å²) in [4.78, 5) is 4.07. The van der Waals surface area contributed by atoms with Gasteiger partial charge in [-0.1, -0.05) is 23.2 Å². The molecule has 0 aromatic carbocycles. The second kappa shape index (κ2) is 3.93. The number of aliphatic hydroxyl groups excluding tert-OH is 1. The molecule has 0 aliphatic heterocycles. The van der Waals surface area contributed by atoms with Gasteiger partial charge in [0.25, 0.3) is 0 Å². The highest BCUT2D eigenvalue weighted by Gasteiger charge is 2.27. The van der Waals surface area contributed by atoms with Crippen molar-refractivity contribution >= 4 is 29.0 Å². The smallest absolute Gasteiger partial charge is 0.145 e. The van der Waals surface area contributed by atoms with E-state index in [1.54, 1.807) is 12.3 Å². The van der Waals surface area contributed by atoms with Crippen molar-refractivity contribution in [1.29, 1.82) is 0 Å². The Bertz CT molecular complexity index is 340. The molecule has 2 N–H and O–H groups in total. The zero-order valence-electron chi connectivity index (χ0n) is 7.37. The van der Waals surface area contributed by atoms with Crippen molar-refractivity contribution in [3.63, 3.8) is 0 Å². The van der Waals surface area contributed by atoms with E-state index in [9.17, 15) is 0 Å². The third kappa shape index (κ3) is 2.11. The fourth-order valence-electron chi connectivity index (χ4n) is 1.42. The van der Waals surface area contributed by atoms with Crippen LogP contribution in [0.2, 0.25) is 10.0 Å². The van der Waals surface area contributed by atoms with E-state index < -0.39 is 0 Å². The lowest BCUT2D eigenvalue weighted by Crippen LogP contribution is -2.39. The number of aromatic nitrogens is 1. The SMILES string of the molecule is OC1CC(Nc2ncc(Cl)cc2Cl)C1. The highest BCUT2D eigenvalue weighted by Crippen LogP contribution is 2.28. The topological polar surface area (TPSA) is 45.1 Å². The van der Waals surface area contributed by atoms with Crippen LogP contribution in [0.5, 0.6) is 0 Å². The molecule has 1 aromatic heterocycles. The van der Waals surface area contributed by atoms with Gasteiger partial charge in [-0.2, -0.15) is 0 Å². The number of aliphatic hydroxyl groups is 1. The summed E-state index contributed by atoms with van der Waals surface area (Å²) in [7, 11) is 0. The molecule has 1 aromatic rings. The quantitative estimate of drug-likeness (QED) is 0.823. The molecular weight excluding hydrogens is 223 g/mol. The molecule has 3 nitrogen and oxygen atoms in total. The largest absolute Gasteiger partial charge is 0.393 e. The number of anilines is 1. The molecule has 1 aliphatic carbocycles. The van der Waals surface area contributed by atoms with Crippen LogP contribution in [0.1, 0.15) is 12.8 Å². The summed E-state index contributed by atoms with van der Waals surface area (Å²) in [5.41, 5.74) is 0. The number of pyridine rings is 1. The molecule has 1 fully saturated rings. The third-order valence-electron chi connectivity index (χ3n) is 2.26. The lowest BCUT2D eigenvalue weighted by Gasteiger charge is -2.32. The number of rotatable bonds is 2. The summed E-state index contributed by atoms with van der Waals surface area (Å²) in [6, 6.07) is 1.92. The number of nitrogens with zero attached hydrogens (tertiary/aromatic N) is 1. The van der Waals surface area contributed by atoms with Crippen molar-refractivity contribution in [2.24, 2.45) is 0 Å². The summed E-state index contributed by atoms with van der Waals surface area (Å²) in [6.45, 7) is 0. The van der Waals surface area contributed by atoms with Gasteiger partial charge < -0.3 is 10.4 Å². The van der Waals surface area contributed by atoms with Crippen LogP contribution in [0, 0.1) is 0 Å². The molecule has 0 unspecified atom stereocenters. The fraction of sp³-hybridized carbons (Fsp3) is 0.444. The van der Waals surface area contributed by atoms with Crippen LogP contribution < -0.4 is 5.32 Å². The summed E-state index contributed by atoms with van der Waals surface area (Å²) in [5, 5.41) is 13.3. The van der Waals surface area contributed by atoms with Gasteiger partial charge in [0.2, 0.25) is 0 Å². The first-order chi connectivity index (χ1) is 6.65. The molecule has 5 heteroatoms. The van der Waals surface area contributed by atoms with E-state index in [0.717, 1.165) is 12.8 Å². The normalized spacial score (nSPS) is 25.6. The summed E-state index contributed by atoms with van der Waals surface area (Å²) in [5.74, 6) is 0.632. The molecule has 2 rings (SSSR count). The van der Waals surface area contributed by atoms with Gasteiger partial charge in [-0.3, -0.25) is 0 Å². The Hall–Kier alpha value is -0.510. The summed E-state index contributed by atoms with van der Waals surface area (Å²) < 4.78 is 0. The highest BCUT2D eigenvalue weighted by atomic mass is 35.5. The zero-order valence-corrected chi connectivity index (χ0v) is 8.89. The maximum absolute atomic E-state index is 9.10. The molecule has 1 saturated carbocycles. The number of hydrogen-bond acceptors (Lipinski definition) is 3.